The summed E-state index contributed by atoms with van der Waals surface area (Å²) in [7, 11) is 0. The third-order valence-corrected chi connectivity index (χ3v) is 4.91. The number of piperazine rings is 1. The Morgan fingerprint density at radius 2 is 2.04 bits per heavy atom. The maximum Gasteiger partial charge on any atom is 0.251 e. The molecular weight excluding hydrogens is 304 g/mol. The van der Waals surface area contributed by atoms with Gasteiger partial charge in [-0.05, 0) is 30.9 Å². The molecule has 1 atom stereocenters. The minimum atomic E-state index is -0.189. The van der Waals surface area contributed by atoms with Gasteiger partial charge in [0.15, 0.2) is 0 Å². The molecule has 3 rings (SSSR count). The van der Waals surface area contributed by atoms with E-state index in [1.54, 1.807) is 0 Å². The summed E-state index contributed by atoms with van der Waals surface area (Å²) >= 11 is 0. The van der Waals surface area contributed by atoms with Gasteiger partial charge in [-0.2, -0.15) is 0 Å². The van der Waals surface area contributed by atoms with Gasteiger partial charge in [0.2, 0.25) is 0 Å². The highest BCUT2D eigenvalue weighted by Gasteiger charge is 2.30. The maximum absolute atomic E-state index is 12.3. The van der Waals surface area contributed by atoms with Crippen LogP contribution in [0.25, 0.3) is 0 Å². The van der Waals surface area contributed by atoms with Gasteiger partial charge in [0, 0.05) is 39.3 Å². The largest absolute Gasteiger partial charge is 0.492 e. The molecule has 0 N–H and O–H groups in total. The van der Waals surface area contributed by atoms with Crippen LogP contribution in [-0.4, -0.2) is 67.7 Å². The first-order valence-electron chi connectivity index (χ1n) is 9.11. The Morgan fingerprint density at radius 3 is 2.75 bits per heavy atom. The average Bonchev–Trinajstić information content (AvgIpc) is 3.17. The molecule has 2 saturated heterocycles. The number of rotatable bonds is 6. The van der Waals surface area contributed by atoms with Crippen molar-refractivity contribution < 1.29 is 14.3 Å². The van der Waals surface area contributed by atoms with E-state index in [1.165, 1.54) is 5.56 Å². The molecule has 1 aromatic rings. The van der Waals surface area contributed by atoms with Crippen LogP contribution in [0.5, 0.6) is 5.75 Å². The molecule has 0 spiro atoms. The number of benzene rings is 1. The lowest BCUT2D eigenvalue weighted by molar-refractivity contribution is -0.142. The third kappa shape index (κ3) is 4.28. The normalized spacial score (nSPS) is 21.9. The van der Waals surface area contributed by atoms with Gasteiger partial charge in [-0.25, -0.2) is 0 Å². The smallest absolute Gasteiger partial charge is 0.251 e. The van der Waals surface area contributed by atoms with Gasteiger partial charge in [-0.3, -0.25) is 9.69 Å². The van der Waals surface area contributed by atoms with E-state index in [2.05, 4.69) is 24.0 Å². The molecule has 5 nitrogen and oxygen atoms in total. The van der Waals surface area contributed by atoms with Crippen LogP contribution in [0.15, 0.2) is 24.3 Å². The standard InChI is InChI=1S/C19H28N2O3/c1-2-16-6-3-4-7-17(16)24-15-13-20-9-11-21(12-10-20)19(22)18-8-5-14-23-18/h3-4,6-7,18H,2,5,8-15H2,1H3/t18-/m0/s1. The van der Waals surface area contributed by atoms with Crippen LogP contribution in [0, 0.1) is 0 Å². The zero-order valence-electron chi connectivity index (χ0n) is 14.6. The second-order valence-electron chi connectivity index (χ2n) is 6.48. The Kier molecular flexibility index (Phi) is 6.10. The molecule has 132 valence electrons. The summed E-state index contributed by atoms with van der Waals surface area (Å²) in [5.74, 6) is 1.17. The van der Waals surface area contributed by atoms with E-state index in [9.17, 15) is 4.79 Å². The molecule has 2 fully saturated rings. The molecule has 0 aromatic heterocycles. The number of nitrogens with zero attached hydrogens (tertiary/aromatic N) is 2. The van der Waals surface area contributed by atoms with Crippen molar-refractivity contribution in [2.45, 2.75) is 32.3 Å². The minimum absolute atomic E-state index is 0.181. The third-order valence-electron chi connectivity index (χ3n) is 4.91. The lowest BCUT2D eigenvalue weighted by Crippen LogP contribution is -2.52. The van der Waals surface area contributed by atoms with Crippen LogP contribution < -0.4 is 4.74 Å². The summed E-state index contributed by atoms with van der Waals surface area (Å²) in [6.07, 6.45) is 2.68. The minimum Gasteiger partial charge on any atom is -0.492 e. The van der Waals surface area contributed by atoms with Gasteiger partial charge in [-0.1, -0.05) is 25.1 Å². The van der Waals surface area contributed by atoms with Crippen molar-refractivity contribution in [2.24, 2.45) is 0 Å². The maximum atomic E-state index is 12.3. The Bertz CT molecular complexity index is 535. The molecular formula is C19H28N2O3. The number of carbonyl (C=O) groups is 1. The lowest BCUT2D eigenvalue weighted by Gasteiger charge is -2.35. The quantitative estimate of drug-likeness (QED) is 0.798. The van der Waals surface area contributed by atoms with Crippen molar-refractivity contribution in [3.63, 3.8) is 0 Å². The molecule has 0 saturated carbocycles. The van der Waals surface area contributed by atoms with Crippen LogP contribution in [0.1, 0.15) is 25.3 Å². The lowest BCUT2D eigenvalue weighted by atomic mass is 10.1. The molecule has 2 aliphatic rings. The molecule has 0 radical (unpaired) electrons. The van der Waals surface area contributed by atoms with Gasteiger partial charge < -0.3 is 14.4 Å². The number of carbonyl (C=O) groups excluding carboxylic acids is 1. The highest BCUT2D eigenvalue weighted by Crippen LogP contribution is 2.18. The molecule has 0 unspecified atom stereocenters. The predicted octanol–water partition coefficient (Wildman–Crippen LogP) is 1.95. The Hall–Kier alpha value is -1.59. The van der Waals surface area contributed by atoms with Crippen molar-refractivity contribution in [2.75, 3.05) is 45.9 Å². The van der Waals surface area contributed by atoms with Crippen LogP contribution in [-0.2, 0) is 16.0 Å². The summed E-state index contributed by atoms with van der Waals surface area (Å²) in [5, 5.41) is 0. The first kappa shape index (κ1) is 17.2. The molecule has 2 aliphatic heterocycles. The number of para-hydroxylation sites is 1. The van der Waals surface area contributed by atoms with E-state index in [4.69, 9.17) is 9.47 Å². The SMILES string of the molecule is CCc1ccccc1OCCN1CCN(C(=O)[C@@H]2CCCO2)CC1. The molecule has 2 heterocycles. The number of amides is 1. The molecule has 1 amide bonds. The second-order valence-corrected chi connectivity index (χ2v) is 6.48. The van der Waals surface area contributed by atoms with Gasteiger partial charge in [0.05, 0.1) is 0 Å². The van der Waals surface area contributed by atoms with Gasteiger partial charge in [0.1, 0.15) is 18.5 Å². The fraction of sp³-hybridized carbons (Fsp3) is 0.632. The summed E-state index contributed by atoms with van der Waals surface area (Å²) < 4.78 is 11.4. The number of hydrogen-bond acceptors (Lipinski definition) is 4. The molecule has 0 aliphatic carbocycles. The molecule has 24 heavy (non-hydrogen) atoms. The fourth-order valence-electron chi connectivity index (χ4n) is 3.39. The molecule has 1 aromatic carbocycles. The second kappa shape index (κ2) is 8.49. The first-order chi connectivity index (χ1) is 11.8. The van der Waals surface area contributed by atoms with Crippen LogP contribution >= 0.6 is 0 Å². The van der Waals surface area contributed by atoms with Crippen molar-refractivity contribution in [1.29, 1.82) is 0 Å². The molecule has 0 bridgehead atoms. The Labute approximate surface area is 144 Å². The van der Waals surface area contributed by atoms with E-state index in [-0.39, 0.29) is 12.0 Å². The highest BCUT2D eigenvalue weighted by molar-refractivity contribution is 5.81. The summed E-state index contributed by atoms with van der Waals surface area (Å²) in [6.45, 7) is 7.89. The number of hydrogen-bond donors (Lipinski definition) is 0. The summed E-state index contributed by atoms with van der Waals surface area (Å²) in [6, 6.07) is 8.22. The van der Waals surface area contributed by atoms with Crippen molar-refractivity contribution >= 4 is 5.91 Å². The van der Waals surface area contributed by atoms with Crippen LogP contribution in [0.3, 0.4) is 0 Å². The van der Waals surface area contributed by atoms with Gasteiger partial charge in [0.25, 0.3) is 5.91 Å². The van der Waals surface area contributed by atoms with E-state index < -0.39 is 0 Å². The zero-order valence-corrected chi connectivity index (χ0v) is 14.6. The predicted molar refractivity (Wildman–Crippen MR) is 93.3 cm³/mol. The van der Waals surface area contributed by atoms with E-state index in [0.717, 1.165) is 64.3 Å². The summed E-state index contributed by atoms with van der Waals surface area (Å²) in [5.41, 5.74) is 1.25. The number of ether oxygens (including phenoxy) is 2. The van der Waals surface area contributed by atoms with Crippen molar-refractivity contribution in [3.8, 4) is 5.75 Å². The first-order valence-corrected chi connectivity index (χ1v) is 9.11. The van der Waals surface area contributed by atoms with E-state index in [0.29, 0.717) is 6.61 Å². The van der Waals surface area contributed by atoms with Gasteiger partial charge in [-0.15, -0.1) is 0 Å². The van der Waals surface area contributed by atoms with Crippen molar-refractivity contribution in [3.05, 3.63) is 29.8 Å². The average molecular weight is 332 g/mol. The highest BCUT2D eigenvalue weighted by atomic mass is 16.5. The van der Waals surface area contributed by atoms with Crippen molar-refractivity contribution in [1.82, 2.24) is 9.80 Å². The van der Waals surface area contributed by atoms with E-state index in [1.807, 2.05) is 17.0 Å². The fourth-order valence-corrected chi connectivity index (χ4v) is 3.39. The van der Waals surface area contributed by atoms with Gasteiger partial charge >= 0.3 is 0 Å². The summed E-state index contributed by atoms with van der Waals surface area (Å²) in [4.78, 5) is 16.7. The van der Waals surface area contributed by atoms with E-state index >= 15 is 0 Å². The number of aryl methyl sites for hydroxylation is 1. The molecule has 5 heteroatoms. The topological polar surface area (TPSA) is 42.0 Å². The monoisotopic (exact) mass is 332 g/mol. The zero-order chi connectivity index (χ0) is 16.8. The van der Waals surface area contributed by atoms with Crippen LogP contribution in [0.2, 0.25) is 0 Å². The Balaban J connectivity index is 1.38. The Morgan fingerprint density at radius 1 is 1.25 bits per heavy atom. The van der Waals surface area contributed by atoms with Crippen LogP contribution in [0.4, 0.5) is 0 Å².